The van der Waals surface area contributed by atoms with E-state index in [0.29, 0.717) is 28.8 Å². The maximum atomic E-state index is 6.16. The lowest BCUT2D eigenvalue weighted by molar-refractivity contribution is 0.285. The van der Waals surface area contributed by atoms with Gasteiger partial charge in [-0.2, -0.15) is 0 Å². The number of anilines is 1. The predicted molar refractivity (Wildman–Crippen MR) is 77.9 cm³/mol. The van der Waals surface area contributed by atoms with Crippen molar-refractivity contribution in [1.29, 1.82) is 0 Å². The number of halogens is 1. The van der Waals surface area contributed by atoms with Crippen LogP contribution in [-0.4, -0.2) is 7.11 Å². The van der Waals surface area contributed by atoms with Crippen LogP contribution in [0.3, 0.4) is 0 Å². The van der Waals surface area contributed by atoms with Gasteiger partial charge in [0.25, 0.3) is 0 Å². The van der Waals surface area contributed by atoms with E-state index in [2.05, 4.69) is 0 Å². The molecule has 0 bridgehead atoms. The molecular formula is C15H16ClNO2. The van der Waals surface area contributed by atoms with Gasteiger partial charge >= 0.3 is 0 Å². The minimum atomic E-state index is 0.374. The van der Waals surface area contributed by atoms with Crippen LogP contribution in [0.2, 0.25) is 5.02 Å². The summed E-state index contributed by atoms with van der Waals surface area (Å²) in [6.45, 7) is 2.37. The summed E-state index contributed by atoms with van der Waals surface area (Å²) in [5, 5.41) is 0.697. The Morgan fingerprint density at radius 1 is 1.11 bits per heavy atom. The minimum absolute atomic E-state index is 0.374. The highest BCUT2D eigenvalue weighted by atomic mass is 35.5. The molecule has 2 N–H and O–H groups in total. The van der Waals surface area contributed by atoms with Crippen molar-refractivity contribution < 1.29 is 9.47 Å². The normalized spacial score (nSPS) is 10.3. The summed E-state index contributed by atoms with van der Waals surface area (Å²) in [7, 11) is 1.59. The lowest BCUT2D eigenvalue weighted by Gasteiger charge is -2.12. The molecule has 0 amide bonds. The van der Waals surface area contributed by atoms with E-state index in [1.165, 1.54) is 0 Å². The van der Waals surface area contributed by atoms with Crippen LogP contribution in [0.4, 0.5) is 5.69 Å². The number of ether oxygens (including phenoxy) is 2. The molecule has 0 radical (unpaired) electrons. The van der Waals surface area contributed by atoms with E-state index in [-0.39, 0.29) is 0 Å². The summed E-state index contributed by atoms with van der Waals surface area (Å²) in [6.07, 6.45) is 0. The summed E-state index contributed by atoms with van der Waals surface area (Å²) < 4.78 is 11.0. The molecule has 0 spiro atoms. The minimum Gasteiger partial charge on any atom is -0.493 e. The third kappa shape index (κ3) is 3.32. The number of nitrogen functional groups attached to an aromatic ring is 1. The van der Waals surface area contributed by atoms with Crippen molar-refractivity contribution in [2.75, 3.05) is 12.8 Å². The van der Waals surface area contributed by atoms with Gasteiger partial charge < -0.3 is 15.2 Å². The number of benzene rings is 2. The molecule has 100 valence electrons. The maximum absolute atomic E-state index is 6.16. The first-order valence-electron chi connectivity index (χ1n) is 5.91. The van der Waals surface area contributed by atoms with E-state index in [1.54, 1.807) is 25.3 Å². The molecule has 0 heterocycles. The van der Waals surface area contributed by atoms with E-state index < -0.39 is 0 Å². The molecule has 0 fully saturated rings. The van der Waals surface area contributed by atoms with E-state index in [9.17, 15) is 0 Å². The fourth-order valence-electron chi connectivity index (χ4n) is 1.73. The van der Waals surface area contributed by atoms with Gasteiger partial charge in [-0.1, -0.05) is 23.7 Å². The van der Waals surface area contributed by atoms with Gasteiger partial charge in [-0.15, -0.1) is 0 Å². The second kappa shape index (κ2) is 5.85. The molecule has 0 unspecified atom stereocenters. The lowest BCUT2D eigenvalue weighted by atomic mass is 10.1. The monoisotopic (exact) mass is 277 g/mol. The van der Waals surface area contributed by atoms with Crippen molar-refractivity contribution >= 4 is 17.3 Å². The third-order valence-corrected chi connectivity index (χ3v) is 3.13. The fraction of sp³-hybridized carbons (Fsp3) is 0.200. The second-order valence-electron chi connectivity index (χ2n) is 4.29. The Bertz CT molecular complexity index is 584. The van der Waals surface area contributed by atoms with Gasteiger partial charge in [-0.05, 0) is 30.7 Å². The standard InChI is InChI=1S/C15H16ClNO2/c1-10-3-4-11(13(16)7-10)9-19-15-8-12(17)5-6-14(15)18-2/h3-8H,9,17H2,1-2H3. The van der Waals surface area contributed by atoms with E-state index in [0.717, 1.165) is 11.1 Å². The molecule has 0 saturated carbocycles. The van der Waals surface area contributed by atoms with Crippen molar-refractivity contribution in [2.45, 2.75) is 13.5 Å². The zero-order valence-electron chi connectivity index (χ0n) is 10.9. The summed E-state index contributed by atoms with van der Waals surface area (Å²) in [5.74, 6) is 1.26. The summed E-state index contributed by atoms with van der Waals surface area (Å²) in [6, 6.07) is 11.2. The van der Waals surface area contributed by atoms with Gasteiger partial charge in [0.2, 0.25) is 0 Å². The Labute approximate surface area is 117 Å². The molecule has 2 aromatic carbocycles. The Kier molecular flexibility index (Phi) is 4.17. The fourth-order valence-corrected chi connectivity index (χ4v) is 2.02. The highest BCUT2D eigenvalue weighted by molar-refractivity contribution is 6.31. The lowest BCUT2D eigenvalue weighted by Crippen LogP contribution is -1.99. The highest BCUT2D eigenvalue weighted by Crippen LogP contribution is 2.30. The van der Waals surface area contributed by atoms with Gasteiger partial charge in [0.15, 0.2) is 11.5 Å². The van der Waals surface area contributed by atoms with Crippen LogP contribution in [0.1, 0.15) is 11.1 Å². The molecule has 2 rings (SSSR count). The first-order valence-corrected chi connectivity index (χ1v) is 6.29. The molecule has 0 aliphatic heterocycles. The third-order valence-electron chi connectivity index (χ3n) is 2.78. The van der Waals surface area contributed by atoms with Gasteiger partial charge in [-0.25, -0.2) is 0 Å². The molecule has 0 atom stereocenters. The summed E-state index contributed by atoms with van der Waals surface area (Å²) in [4.78, 5) is 0. The van der Waals surface area contributed by atoms with E-state index >= 15 is 0 Å². The molecule has 4 heteroatoms. The number of hydrogen-bond donors (Lipinski definition) is 1. The van der Waals surface area contributed by atoms with Crippen LogP contribution in [0.5, 0.6) is 11.5 Å². The van der Waals surface area contributed by atoms with Crippen LogP contribution in [0, 0.1) is 6.92 Å². The smallest absolute Gasteiger partial charge is 0.163 e. The SMILES string of the molecule is COc1ccc(N)cc1OCc1ccc(C)cc1Cl. The molecule has 0 aliphatic rings. The Morgan fingerprint density at radius 2 is 1.89 bits per heavy atom. The van der Waals surface area contributed by atoms with Crippen molar-refractivity contribution in [1.82, 2.24) is 0 Å². The topological polar surface area (TPSA) is 44.5 Å². The number of aryl methyl sites for hydroxylation is 1. The molecule has 0 aliphatic carbocycles. The van der Waals surface area contributed by atoms with Crippen LogP contribution < -0.4 is 15.2 Å². The van der Waals surface area contributed by atoms with E-state index in [4.69, 9.17) is 26.8 Å². The Balaban J connectivity index is 2.16. The molecule has 0 aromatic heterocycles. The van der Waals surface area contributed by atoms with Gasteiger partial charge in [-0.3, -0.25) is 0 Å². The first-order chi connectivity index (χ1) is 9.10. The van der Waals surface area contributed by atoms with Crippen LogP contribution in [-0.2, 0) is 6.61 Å². The Hall–Kier alpha value is -1.87. The molecule has 19 heavy (non-hydrogen) atoms. The number of nitrogens with two attached hydrogens (primary N) is 1. The van der Waals surface area contributed by atoms with Gasteiger partial charge in [0.1, 0.15) is 6.61 Å². The maximum Gasteiger partial charge on any atom is 0.163 e. The number of methoxy groups -OCH3 is 1. The van der Waals surface area contributed by atoms with Crippen molar-refractivity contribution in [3.05, 3.63) is 52.5 Å². The molecule has 3 nitrogen and oxygen atoms in total. The van der Waals surface area contributed by atoms with Crippen molar-refractivity contribution in [3.63, 3.8) is 0 Å². The van der Waals surface area contributed by atoms with Gasteiger partial charge in [0, 0.05) is 22.3 Å². The largest absolute Gasteiger partial charge is 0.493 e. The summed E-state index contributed by atoms with van der Waals surface area (Å²) >= 11 is 6.16. The first kappa shape index (κ1) is 13.6. The molecule has 0 saturated heterocycles. The highest BCUT2D eigenvalue weighted by Gasteiger charge is 2.07. The van der Waals surface area contributed by atoms with Crippen LogP contribution in [0.15, 0.2) is 36.4 Å². The van der Waals surface area contributed by atoms with Gasteiger partial charge in [0.05, 0.1) is 7.11 Å². The average molecular weight is 278 g/mol. The van der Waals surface area contributed by atoms with Crippen LogP contribution >= 0.6 is 11.6 Å². The number of hydrogen-bond acceptors (Lipinski definition) is 3. The average Bonchev–Trinajstić information content (AvgIpc) is 2.38. The van der Waals surface area contributed by atoms with Crippen molar-refractivity contribution in [3.8, 4) is 11.5 Å². The quantitative estimate of drug-likeness (QED) is 0.864. The molecule has 2 aromatic rings. The summed E-state index contributed by atoms with van der Waals surface area (Å²) in [5.41, 5.74) is 8.42. The predicted octanol–water partition coefficient (Wildman–Crippen LogP) is 3.82. The van der Waals surface area contributed by atoms with Crippen LogP contribution in [0.25, 0.3) is 0 Å². The van der Waals surface area contributed by atoms with E-state index in [1.807, 2.05) is 25.1 Å². The number of rotatable bonds is 4. The molecular weight excluding hydrogens is 262 g/mol. The zero-order valence-corrected chi connectivity index (χ0v) is 11.7. The zero-order chi connectivity index (χ0) is 13.8. The second-order valence-corrected chi connectivity index (χ2v) is 4.70. The Morgan fingerprint density at radius 3 is 2.58 bits per heavy atom. The van der Waals surface area contributed by atoms with Crippen molar-refractivity contribution in [2.24, 2.45) is 0 Å².